The number of benzene rings is 1. The number of carbonyl (C=O) groups excluding carboxylic acids is 1. The van der Waals surface area contributed by atoms with E-state index in [0.717, 1.165) is 62.1 Å². The molecule has 8 nitrogen and oxygen atoms in total. The van der Waals surface area contributed by atoms with Crippen LogP contribution in [0.1, 0.15) is 48.3 Å². The number of fused-ring (bicyclic) bond motifs is 2. The second-order valence-corrected chi connectivity index (χ2v) is 8.23. The molecule has 156 valence electrons. The predicted molar refractivity (Wildman–Crippen MR) is 111 cm³/mol. The number of aromatic nitrogens is 3. The van der Waals surface area contributed by atoms with Crippen LogP contribution in [-0.2, 0) is 13.0 Å². The summed E-state index contributed by atoms with van der Waals surface area (Å²) in [6.07, 6.45) is 1.66. The molecule has 0 saturated heterocycles. The average molecular weight is 399 g/mol. The van der Waals surface area contributed by atoms with Crippen molar-refractivity contribution in [1.82, 2.24) is 25.4 Å². The Bertz CT molecular complexity index is 878. The molecule has 1 aromatic carbocycles. The topological polar surface area (TPSA) is 84.3 Å². The molecule has 8 heteroatoms. The van der Waals surface area contributed by atoms with Gasteiger partial charge in [-0.1, -0.05) is 13.8 Å². The summed E-state index contributed by atoms with van der Waals surface area (Å²) in [4.78, 5) is 15.2. The van der Waals surface area contributed by atoms with E-state index in [9.17, 15) is 4.79 Å². The van der Waals surface area contributed by atoms with Gasteiger partial charge in [0.15, 0.2) is 5.82 Å². The van der Waals surface area contributed by atoms with Gasteiger partial charge in [0.05, 0.1) is 18.3 Å². The number of hydrogen-bond acceptors (Lipinski definition) is 6. The van der Waals surface area contributed by atoms with Crippen LogP contribution >= 0.6 is 0 Å². The van der Waals surface area contributed by atoms with Crippen LogP contribution in [0.25, 0.3) is 0 Å². The van der Waals surface area contributed by atoms with Gasteiger partial charge in [0.2, 0.25) is 0 Å². The number of nitrogens with one attached hydrogen (secondary N) is 2. The molecule has 2 N–H and O–H groups in total. The first-order chi connectivity index (χ1) is 14.0. The van der Waals surface area contributed by atoms with Gasteiger partial charge < -0.3 is 24.8 Å². The SMILES string of the molecule is CC(C)C[C@H](NC(=O)c1ccc2c(c1)OCCN2C)c1nnc2n1CCNCC2. The van der Waals surface area contributed by atoms with Gasteiger partial charge in [-0.25, -0.2) is 0 Å². The van der Waals surface area contributed by atoms with Gasteiger partial charge in [-0.15, -0.1) is 10.2 Å². The summed E-state index contributed by atoms with van der Waals surface area (Å²) in [5.74, 6) is 2.89. The molecule has 1 aromatic heterocycles. The van der Waals surface area contributed by atoms with Crippen LogP contribution in [0.15, 0.2) is 18.2 Å². The minimum atomic E-state index is -0.179. The number of ether oxygens (including phenoxy) is 1. The van der Waals surface area contributed by atoms with Crippen molar-refractivity contribution in [2.24, 2.45) is 5.92 Å². The van der Waals surface area contributed by atoms with E-state index in [4.69, 9.17) is 4.74 Å². The minimum Gasteiger partial charge on any atom is -0.490 e. The standard InChI is InChI=1S/C21H30N6O2/c1-14(2)12-16(20-25-24-19-6-7-22-8-9-27(19)20)23-21(28)15-4-5-17-18(13-15)29-11-10-26(17)3/h4-5,13-14,16,22H,6-12H2,1-3H3,(H,23,28)/t16-/m0/s1. The van der Waals surface area contributed by atoms with Gasteiger partial charge in [-0.3, -0.25) is 4.79 Å². The van der Waals surface area contributed by atoms with Crippen molar-refractivity contribution < 1.29 is 9.53 Å². The monoisotopic (exact) mass is 398 g/mol. The lowest BCUT2D eigenvalue weighted by Crippen LogP contribution is -2.33. The fourth-order valence-corrected chi connectivity index (χ4v) is 3.99. The molecule has 0 spiro atoms. The summed E-state index contributed by atoms with van der Waals surface area (Å²) in [5, 5.41) is 15.4. The van der Waals surface area contributed by atoms with Gasteiger partial charge in [0.25, 0.3) is 5.91 Å². The molecule has 0 fully saturated rings. The smallest absolute Gasteiger partial charge is 0.252 e. The van der Waals surface area contributed by atoms with Crippen molar-refractivity contribution in [3.8, 4) is 5.75 Å². The van der Waals surface area contributed by atoms with Gasteiger partial charge in [0.1, 0.15) is 18.2 Å². The zero-order valence-corrected chi connectivity index (χ0v) is 17.4. The van der Waals surface area contributed by atoms with Crippen molar-refractivity contribution in [1.29, 1.82) is 0 Å². The first-order valence-corrected chi connectivity index (χ1v) is 10.4. The van der Waals surface area contributed by atoms with E-state index in [0.29, 0.717) is 18.1 Å². The molecule has 2 aliphatic rings. The lowest BCUT2D eigenvalue weighted by atomic mass is 10.0. The molecule has 2 aromatic rings. The zero-order valence-electron chi connectivity index (χ0n) is 17.4. The lowest BCUT2D eigenvalue weighted by molar-refractivity contribution is 0.0928. The molecule has 1 amide bonds. The van der Waals surface area contributed by atoms with E-state index in [1.807, 2.05) is 25.2 Å². The second-order valence-electron chi connectivity index (χ2n) is 8.23. The largest absolute Gasteiger partial charge is 0.490 e. The summed E-state index contributed by atoms with van der Waals surface area (Å²) >= 11 is 0. The number of amides is 1. The van der Waals surface area contributed by atoms with Crippen molar-refractivity contribution in [3.05, 3.63) is 35.4 Å². The molecule has 29 heavy (non-hydrogen) atoms. The van der Waals surface area contributed by atoms with Crippen molar-refractivity contribution >= 4 is 11.6 Å². The van der Waals surface area contributed by atoms with E-state index in [2.05, 4.69) is 44.1 Å². The Hall–Kier alpha value is -2.61. The molecular weight excluding hydrogens is 368 g/mol. The number of hydrogen-bond donors (Lipinski definition) is 2. The van der Waals surface area contributed by atoms with Gasteiger partial charge in [0, 0.05) is 38.7 Å². The highest BCUT2D eigenvalue weighted by Gasteiger charge is 2.26. The fraction of sp³-hybridized carbons (Fsp3) is 0.571. The molecule has 3 heterocycles. The number of nitrogens with zero attached hydrogens (tertiary/aromatic N) is 4. The summed E-state index contributed by atoms with van der Waals surface area (Å²) in [5.41, 5.74) is 1.62. The Labute approximate surface area is 171 Å². The average Bonchev–Trinajstić information content (AvgIpc) is 2.95. The molecule has 0 radical (unpaired) electrons. The van der Waals surface area contributed by atoms with Crippen LogP contribution in [0.3, 0.4) is 0 Å². The third kappa shape index (κ3) is 4.22. The van der Waals surface area contributed by atoms with Crippen LogP contribution < -0.4 is 20.3 Å². The maximum atomic E-state index is 13.1. The van der Waals surface area contributed by atoms with E-state index in [1.165, 1.54) is 0 Å². The zero-order chi connectivity index (χ0) is 20.4. The first kappa shape index (κ1) is 19.7. The van der Waals surface area contributed by atoms with Crippen LogP contribution in [-0.4, -0.2) is 54.0 Å². The van der Waals surface area contributed by atoms with E-state index < -0.39 is 0 Å². The number of anilines is 1. The summed E-state index contributed by atoms with van der Waals surface area (Å²) < 4.78 is 7.92. The molecule has 1 atom stereocenters. The van der Waals surface area contributed by atoms with E-state index >= 15 is 0 Å². The van der Waals surface area contributed by atoms with Crippen molar-refractivity contribution in [3.63, 3.8) is 0 Å². The molecule has 0 unspecified atom stereocenters. The summed E-state index contributed by atoms with van der Waals surface area (Å²) in [7, 11) is 2.03. The first-order valence-electron chi connectivity index (χ1n) is 10.4. The molecular formula is C21H30N6O2. The second kappa shape index (κ2) is 8.41. The Morgan fingerprint density at radius 2 is 2.14 bits per heavy atom. The Morgan fingerprint density at radius 3 is 2.97 bits per heavy atom. The summed E-state index contributed by atoms with van der Waals surface area (Å²) in [6, 6.07) is 5.47. The quantitative estimate of drug-likeness (QED) is 0.799. The number of carbonyl (C=O) groups is 1. The Kier molecular flexibility index (Phi) is 5.71. The van der Waals surface area contributed by atoms with Gasteiger partial charge in [-0.05, 0) is 30.5 Å². The molecule has 0 bridgehead atoms. The highest BCUT2D eigenvalue weighted by Crippen LogP contribution is 2.32. The number of likely N-dealkylation sites (N-methyl/N-ethyl adjacent to an activating group) is 1. The molecule has 4 rings (SSSR count). The summed E-state index contributed by atoms with van der Waals surface area (Å²) in [6.45, 7) is 8.40. The van der Waals surface area contributed by atoms with Crippen LogP contribution in [0.4, 0.5) is 5.69 Å². The Morgan fingerprint density at radius 1 is 1.28 bits per heavy atom. The van der Waals surface area contributed by atoms with Crippen LogP contribution in [0, 0.1) is 5.92 Å². The van der Waals surface area contributed by atoms with Crippen LogP contribution in [0.2, 0.25) is 0 Å². The van der Waals surface area contributed by atoms with E-state index in [1.54, 1.807) is 0 Å². The van der Waals surface area contributed by atoms with Crippen molar-refractivity contribution in [2.75, 3.05) is 38.2 Å². The predicted octanol–water partition coefficient (Wildman–Crippen LogP) is 1.77. The molecule has 0 aliphatic carbocycles. The highest BCUT2D eigenvalue weighted by molar-refractivity contribution is 5.95. The minimum absolute atomic E-state index is 0.112. The maximum Gasteiger partial charge on any atom is 0.252 e. The highest BCUT2D eigenvalue weighted by atomic mass is 16.5. The van der Waals surface area contributed by atoms with Crippen LogP contribution in [0.5, 0.6) is 5.75 Å². The van der Waals surface area contributed by atoms with Gasteiger partial charge >= 0.3 is 0 Å². The van der Waals surface area contributed by atoms with Crippen molar-refractivity contribution in [2.45, 2.75) is 39.3 Å². The fourth-order valence-electron chi connectivity index (χ4n) is 3.99. The maximum absolute atomic E-state index is 13.1. The Balaban J connectivity index is 1.57. The third-order valence-corrected chi connectivity index (χ3v) is 5.54. The third-order valence-electron chi connectivity index (χ3n) is 5.54. The van der Waals surface area contributed by atoms with Gasteiger partial charge in [-0.2, -0.15) is 0 Å². The normalized spacial score (nSPS) is 17.2. The molecule has 0 saturated carbocycles. The van der Waals surface area contributed by atoms with E-state index in [-0.39, 0.29) is 11.9 Å². The molecule has 2 aliphatic heterocycles. The number of rotatable bonds is 5. The lowest BCUT2D eigenvalue weighted by Gasteiger charge is -2.28.